The van der Waals surface area contributed by atoms with Crippen LogP contribution in [0.15, 0.2) is 0 Å². The van der Waals surface area contributed by atoms with E-state index in [0.717, 1.165) is 19.1 Å². The number of hydrogen-bond donors (Lipinski definition) is 0. The summed E-state index contributed by atoms with van der Waals surface area (Å²) in [6, 6.07) is 0. The standard InChI is InChI=1S/C17H33NO/c1-17(2,3)15-7-9-16(10-8-15)19-14-13-18-11-5-4-6-12-18/h15-16H,4-14H2,1-3H3. The Hall–Kier alpha value is -0.0800. The van der Waals surface area contributed by atoms with Crippen LogP contribution in [-0.4, -0.2) is 37.2 Å². The minimum atomic E-state index is 0.485. The van der Waals surface area contributed by atoms with E-state index in [1.165, 1.54) is 58.0 Å². The van der Waals surface area contributed by atoms with Crippen LogP contribution in [0.2, 0.25) is 0 Å². The quantitative estimate of drug-likeness (QED) is 0.760. The van der Waals surface area contributed by atoms with Crippen LogP contribution in [0.25, 0.3) is 0 Å². The van der Waals surface area contributed by atoms with E-state index < -0.39 is 0 Å². The highest BCUT2D eigenvalue weighted by molar-refractivity contribution is 4.81. The number of likely N-dealkylation sites (tertiary alicyclic amines) is 1. The first-order chi connectivity index (χ1) is 9.05. The molecule has 0 aromatic heterocycles. The molecular formula is C17H33NO. The molecule has 19 heavy (non-hydrogen) atoms. The first kappa shape index (κ1) is 15.3. The summed E-state index contributed by atoms with van der Waals surface area (Å²) < 4.78 is 6.11. The molecule has 0 unspecified atom stereocenters. The van der Waals surface area contributed by atoms with Gasteiger partial charge in [0.2, 0.25) is 0 Å². The van der Waals surface area contributed by atoms with Gasteiger partial charge in [-0.15, -0.1) is 0 Å². The second-order valence-corrected chi connectivity index (χ2v) is 7.61. The molecule has 1 saturated heterocycles. The van der Waals surface area contributed by atoms with Gasteiger partial charge < -0.3 is 9.64 Å². The summed E-state index contributed by atoms with van der Waals surface area (Å²) in [4.78, 5) is 2.57. The zero-order chi connectivity index (χ0) is 13.7. The van der Waals surface area contributed by atoms with E-state index in [4.69, 9.17) is 4.74 Å². The van der Waals surface area contributed by atoms with Gasteiger partial charge in [0.05, 0.1) is 12.7 Å². The molecule has 2 aliphatic rings. The van der Waals surface area contributed by atoms with Crippen molar-refractivity contribution >= 4 is 0 Å². The van der Waals surface area contributed by atoms with Crippen molar-refractivity contribution in [3.05, 3.63) is 0 Å². The predicted molar refractivity (Wildman–Crippen MR) is 81.4 cm³/mol. The van der Waals surface area contributed by atoms with E-state index >= 15 is 0 Å². The predicted octanol–water partition coefficient (Wildman–Crippen LogP) is 4.09. The SMILES string of the molecule is CC(C)(C)C1CCC(OCCN2CCCCC2)CC1. The van der Waals surface area contributed by atoms with E-state index in [2.05, 4.69) is 25.7 Å². The lowest BCUT2D eigenvalue weighted by atomic mass is 9.72. The van der Waals surface area contributed by atoms with Crippen molar-refractivity contribution in [1.82, 2.24) is 4.90 Å². The van der Waals surface area contributed by atoms with E-state index in [-0.39, 0.29) is 0 Å². The van der Waals surface area contributed by atoms with E-state index in [1.54, 1.807) is 0 Å². The second-order valence-electron chi connectivity index (χ2n) is 7.61. The highest BCUT2D eigenvalue weighted by Gasteiger charge is 2.29. The molecule has 2 fully saturated rings. The van der Waals surface area contributed by atoms with E-state index in [1.807, 2.05) is 0 Å². The van der Waals surface area contributed by atoms with Crippen molar-refractivity contribution in [2.24, 2.45) is 11.3 Å². The van der Waals surface area contributed by atoms with Crippen molar-refractivity contribution in [2.45, 2.75) is 71.8 Å². The van der Waals surface area contributed by atoms with Crippen LogP contribution in [0.4, 0.5) is 0 Å². The molecule has 1 saturated carbocycles. The fourth-order valence-corrected chi connectivity index (χ4v) is 3.63. The molecule has 0 bridgehead atoms. The Labute approximate surface area is 119 Å². The van der Waals surface area contributed by atoms with E-state index in [9.17, 15) is 0 Å². The molecule has 0 aromatic carbocycles. The molecule has 0 aromatic rings. The Kier molecular flexibility index (Phi) is 5.70. The van der Waals surface area contributed by atoms with Gasteiger partial charge in [0.25, 0.3) is 0 Å². The van der Waals surface area contributed by atoms with Gasteiger partial charge in [-0.25, -0.2) is 0 Å². The number of rotatable bonds is 4. The zero-order valence-electron chi connectivity index (χ0n) is 13.3. The zero-order valence-corrected chi connectivity index (χ0v) is 13.3. The summed E-state index contributed by atoms with van der Waals surface area (Å²) in [7, 11) is 0. The third-order valence-corrected chi connectivity index (χ3v) is 5.11. The Morgan fingerprint density at radius 1 is 0.947 bits per heavy atom. The summed E-state index contributed by atoms with van der Waals surface area (Å²) in [5, 5.41) is 0. The first-order valence-electron chi connectivity index (χ1n) is 8.39. The molecule has 1 aliphatic carbocycles. The fraction of sp³-hybridized carbons (Fsp3) is 1.00. The van der Waals surface area contributed by atoms with Crippen molar-refractivity contribution in [3.63, 3.8) is 0 Å². The lowest BCUT2D eigenvalue weighted by Gasteiger charge is -2.37. The molecular weight excluding hydrogens is 234 g/mol. The summed E-state index contributed by atoms with van der Waals surface area (Å²) in [5.74, 6) is 0.898. The Bertz CT molecular complexity index is 244. The first-order valence-corrected chi connectivity index (χ1v) is 8.39. The molecule has 0 N–H and O–H groups in total. The van der Waals surface area contributed by atoms with Crippen molar-refractivity contribution in [3.8, 4) is 0 Å². The van der Waals surface area contributed by atoms with Crippen LogP contribution < -0.4 is 0 Å². The minimum Gasteiger partial charge on any atom is -0.377 e. The lowest BCUT2D eigenvalue weighted by Crippen LogP contribution is -2.34. The summed E-state index contributed by atoms with van der Waals surface area (Å²) in [6.07, 6.45) is 10.0. The molecule has 112 valence electrons. The molecule has 0 radical (unpaired) electrons. The average molecular weight is 267 g/mol. The van der Waals surface area contributed by atoms with Crippen LogP contribution in [0.1, 0.15) is 65.7 Å². The highest BCUT2D eigenvalue weighted by atomic mass is 16.5. The fourth-order valence-electron chi connectivity index (χ4n) is 3.63. The number of piperidine rings is 1. The van der Waals surface area contributed by atoms with Crippen molar-refractivity contribution < 1.29 is 4.74 Å². The second kappa shape index (κ2) is 7.08. The molecule has 1 aliphatic heterocycles. The number of ether oxygens (including phenoxy) is 1. The molecule has 0 atom stereocenters. The Morgan fingerprint density at radius 3 is 2.16 bits per heavy atom. The maximum atomic E-state index is 6.11. The normalized spacial score (nSPS) is 30.5. The van der Waals surface area contributed by atoms with Gasteiger partial charge in [0.1, 0.15) is 0 Å². The summed E-state index contributed by atoms with van der Waals surface area (Å²) >= 11 is 0. The van der Waals surface area contributed by atoms with Gasteiger partial charge in [-0.05, 0) is 62.9 Å². The van der Waals surface area contributed by atoms with Crippen LogP contribution in [0.3, 0.4) is 0 Å². The summed E-state index contributed by atoms with van der Waals surface area (Å²) in [6.45, 7) is 11.8. The third-order valence-electron chi connectivity index (χ3n) is 5.11. The van der Waals surface area contributed by atoms with Crippen LogP contribution in [0, 0.1) is 11.3 Å². The maximum Gasteiger partial charge on any atom is 0.0597 e. The molecule has 2 rings (SSSR count). The van der Waals surface area contributed by atoms with E-state index in [0.29, 0.717) is 11.5 Å². The molecule has 2 nitrogen and oxygen atoms in total. The molecule has 0 spiro atoms. The maximum absolute atomic E-state index is 6.11. The average Bonchev–Trinajstić information content (AvgIpc) is 2.39. The Morgan fingerprint density at radius 2 is 1.58 bits per heavy atom. The van der Waals surface area contributed by atoms with Gasteiger partial charge in [-0.1, -0.05) is 27.2 Å². The topological polar surface area (TPSA) is 12.5 Å². The van der Waals surface area contributed by atoms with Gasteiger partial charge in [-0.3, -0.25) is 0 Å². The minimum absolute atomic E-state index is 0.485. The smallest absolute Gasteiger partial charge is 0.0597 e. The Balaban J connectivity index is 1.58. The van der Waals surface area contributed by atoms with Gasteiger partial charge in [-0.2, -0.15) is 0 Å². The number of nitrogens with zero attached hydrogens (tertiary/aromatic N) is 1. The van der Waals surface area contributed by atoms with Crippen LogP contribution in [0.5, 0.6) is 0 Å². The largest absolute Gasteiger partial charge is 0.377 e. The van der Waals surface area contributed by atoms with Crippen molar-refractivity contribution in [2.75, 3.05) is 26.2 Å². The van der Waals surface area contributed by atoms with Gasteiger partial charge in [0.15, 0.2) is 0 Å². The molecule has 2 heteroatoms. The lowest BCUT2D eigenvalue weighted by molar-refractivity contribution is -0.00628. The number of hydrogen-bond acceptors (Lipinski definition) is 2. The molecule has 0 amide bonds. The van der Waals surface area contributed by atoms with Gasteiger partial charge in [0, 0.05) is 6.54 Å². The van der Waals surface area contributed by atoms with Crippen molar-refractivity contribution in [1.29, 1.82) is 0 Å². The van der Waals surface area contributed by atoms with Crippen LogP contribution in [-0.2, 0) is 4.74 Å². The molecule has 1 heterocycles. The highest BCUT2D eigenvalue weighted by Crippen LogP contribution is 2.38. The summed E-state index contributed by atoms with van der Waals surface area (Å²) in [5.41, 5.74) is 0.485. The van der Waals surface area contributed by atoms with Gasteiger partial charge >= 0.3 is 0 Å². The van der Waals surface area contributed by atoms with Crippen LogP contribution >= 0.6 is 0 Å². The third kappa shape index (κ3) is 5.07. The monoisotopic (exact) mass is 267 g/mol.